The third-order valence-electron chi connectivity index (χ3n) is 3.91. The van der Waals surface area contributed by atoms with Crippen LogP contribution in [-0.4, -0.2) is 23.4 Å². The van der Waals surface area contributed by atoms with E-state index in [2.05, 4.69) is 10.6 Å². The fourth-order valence-corrected chi connectivity index (χ4v) is 2.82. The van der Waals surface area contributed by atoms with Crippen LogP contribution in [0, 0.1) is 5.41 Å². The molecule has 0 aromatic carbocycles. The minimum absolute atomic E-state index is 0.0109. The summed E-state index contributed by atoms with van der Waals surface area (Å²) in [6, 6.07) is -0.414. The van der Waals surface area contributed by atoms with Crippen molar-refractivity contribution in [3.63, 3.8) is 0 Å². The molecule has 2 fully saturated rings. The second kappa shape index (κ2) is 4.00. The standard InChI is InChI=1S/C13H22N2O2/c1-12(2,3)9-10(16)15-13(11(17)14-9)7-5-4-6-8-13/h9H,4-8H2,1-3H3,(H,14,17)(H,15,16). The minimum atomic E-state index is -0.614. The van der Waals surface area contributed by atoms with Crippen molar-refractivity contribution in [1.82, 2.24) is 10.6 Å². The number of carbonyl (C=O) groups excluding carboxylic acids is 2. The Morgan fingerprint density at radius 2 is 1.71 bits per heavy atom. The second-order valence-corrected chi connectivity index (χ2v) is 6.40. The van der Waals surface area contributed by atoms with Crippen LogP contribution in [0.5, 0.6) is 0 Å². The molecule has 4 nitrogen and oxygen atoms in total. The van der Waals surface area contributed by atoms with E-state index in [-0.39, 0.29) is 17.2 Å². The third kappa shape index (κ3) is 2.17. The van der Waals surface area contributed by atoms with E-state index >= 15 is 0 Å². The number of rotatable bonds is 0. The van der Waals surface area contributed by atoms with Gasteiger partial charge in [-0.1, -0.05) is 40.0 Å². The summed E-state index contributed by atoms with van der Waals surface area (Å²) in [6.45, 7) is 5.91. The van der Waals surface area contributed by atoms with Gasteiger partial charge in [0, 0.05) is 0 Å². The first kappa shape index (κ1) is 12.4. The van der Waals surface area contributed by atoms with Gasteiger partial charge >= 0.3 is 0 Å². The lowest BCUT2D eigenvalue weighted by molar-refractivity contribution is -0.145. The van der Waals surface area contributed by atoms with Crippen molar-refractivity contribution in [2.45, 2.75) is 64.5 Å². The van der Waals surface area contributed by atoms with Crippen LogP contribution < -0.4 is 10.6 Å². The number of amides is 2. The van der Waals surface area contributed by atoms with Gasteiger partial charge in [-0.2, -0.15) is 0 Å². The molecule has 2 aliphatic rings. The van der Waals surface area contributed by atoms with E-state index in [1.807, 2.05) is 20.8 Å². The smallest absolute Gasteiger partial charge is 0.246 e. The fourth-order valence-electron chi connectivity index (χ4n) is 2.82. The van der Waals surface area contributed by atoms with Gasteiger partial charge in [-0.05, 0) is 18.3 Å². The summed E-state index contributed by atoms with van der Waals surface area (Å²) in [5.74, 6) is -0.0178. The highest BCUT2D eigenvalue weighted by atomic mass is 16.2. The summed E-state index contributed by atoms with van der Waals surface area (Å²) in [6.07, 6.45) is 4.76. The molecule has 2 amide bonds. The first-order chi connectivity index (χ1) is 7.85. The zero-order chi connectivity index (χ0) is 12.7. The monoisotopic (exact) mass is 238 g/mol. The van der Waals surface area contributed by atoms with Crippen LogP contribution in [0.3, 0.4) is 0 Å². The molecule has 1 unspecified atom stereocenters. The van der Waals surface area contributed by atoms with E-state index in [0.717, 1.165) is 32.1 Å². The number of carbonyl (C=O) groups is 2. The summed E-state index contributed by atoms with van der Waals surface area (Å²) in [5.41, 5.74) is -0.854. The molecule has 1 atom stereocenters. The van der Waals surface area contributed by atoms with Crippen LogP contribution in [0.25, 0.3) is 0 Å². The molecule has 1 heterocycles. The fraction of sp³-hybridized carbons (Fsp3) is 0.846. The summed E-state index contributed by atoms with van der Waals surface area (Å²) >= 11 is 0. The Morgan fingerprint density at radius 3 is 2.24 bits per heavy atom. The number of hydrogen-bond donors (Lipinski definition) is 2. The third-order valence-corrected chi connectivity index (χ3v) is 3.91. The molecule has 0 bridgehead atoms. The Labute approximate surface area is 103 Å². The Hall–Kier alpha value is -1.06. The lowest BCUT2D eigenvalue weighted by Crippen LogP contribution is -2.72. The SMILES string of the molecule is CC(C)(C)C1NC(=O)C2(CCCCC2)NC1=O. The molecule has 1 saturated heterocycles. The van der Waals surface area contributed by atoms with Crippen LogP contribution >= 0.6 is 0 Å². The van der Waals surface area contributed by atoms with Crippen molar-refractivity contribution < 1.29 is 9.59 Å². The summed E-state index contributed by atoms with van der Waals surface area (Å²) in [4.78, 5) is 24.4. The molecule has 17 heavy (non-hydrogen) atoms. The largest absolute Gasteiger partial charge is 0.342 e. The number of hydrogen-bond acceptors (Lipinski definition) is 2. The zero-order valence-electron chi connectivity index (χ0n) is 10.9. The Kier molecular flexibility index (Phi) is 2.92. The Morgan fingerprint density at radius 1 is 1.12 bits per heavy atom. The average Bonchev–Trinajstić information content (AvgIpc) is 2.23. The van der Waals surface area contributed by atoms with Crippen LogP contribution in [0.4, 0.5) is 0 Å². The van der Waals surface area contributed by atoms with Crippen molar-refractivity contribution in [2.75, 3.05) is 0 Å². The molecule has 0 aromatic rings. The van der Waals surface area contributed by atoms with Gasteiger partial charge in [-0.25, -0.2) is 0 Å². The molecular formula is C13H22N2O2. The maximum absolute atomic E-state index is 12.2. The predicted molar refractivity (Wildman–Crippen MR) is 65.3 cm³/mol. The van der Waals surface area contributed by atoms with Crippen molar-refractivity contribution >= 4 is 11.8 Å². The number of piperazine rings is 1. The molecule has 4 heteroatoms. The molecule has 2 rings (SSSR count). The van der Waals surface area contributed by atoms with E-state index < -0.39 is 11.6 Å². The predicted octanol–water partition coefficient (Wildman–Crippen LogP) is 1.35. The van der Waals surface area contributed by atoms with Gasteiger partial charge in [0.2, 0.25) is 11.8 Å². The van der Waals surface area contributed by atoms with Crippen LogP contribution in [-0.2, 0) is 9.59 Å². The van der Waals surface area contributed by atoms with Crippen LogP contribution in [0.15, 0.2) is 0 Å². The Balaban J connectivity index is 2.18. The van der Waals surface area contributed by atoms with Gasteiger partial charge < -0.3 is 10.6 Å². The van der Waals surface area contributed by atoms with E-state index in [4.69, 9.17) is 0 Å². The van der Waals surface area contributed by atoms with Crippen molar-refractivity contribution in [3.8, 4) is 0 Å². The molecule has 96 valence electrons. The Bertz CT molecular complexity index is 338. The molecule has 1 aliphatic carbocycles. The summed E-state index contributed by atoms with van der Waals surface area (Å²) in [5, 5.41) is 5.90. The van der Waals surface area contributed by atoms with Gasteiger partial charge in [0.05, 0.1) is 0 Å². The topological polar surface area (TPSA) is 58.2 Å². The highest BCUT2D eigenvalue weighted by molar-refractivity contribution is 6.00. The van der Waals surface area contributed by atoms with Crippen molar-refractivity contribution in [2.24, 2.45) is 5.41 Å². The molecular weight excluding hydrogens is 216 g/mol. The highest BCUT2D eigenvalue weighted by Crippen LogP contribution is 2.32. The van der Waals surface area contributed by atoms with E-state index in [9.17, 15) is 9.59 Å². The van der Waals surface area contributed by atoms with Crippen LogP contribution in [0.1, 0.15) is 52.9 Å². The van der Waals surface area contributed by atoms with Gasteiger partial charge in [0.15, 0.2) is 0 Å². The van der Waals surface area contributed by atoms with Crippen LogP contribution in [0.2, 0.25) is 0 Å². The zero-order valence-corrected chi connectivity index (χ0v) is 10.9. The first-order valence-corrected chi connectivity index (χ1v) is 6.48. The highest BCUT2D eigenvalue weighted by Gasteiger charge is 2.49. The van der Waals surface area contributed by atoms with Gasteiger partial charge in [-0.3, -0.25) is 9.59 Å². The van der Waals surface area contributed by atoms with Crippen molar-refractivity contribution in [3.05, 3.63) is 0 Å². The number of nitrogens with one attached hydrogen (secondary N) is 2. The quantitative estimate of drug-likeness (QED) is 0.669. The maximum atomic E-state index is 12.2. The van der Waals surface area contributed by atoms with Gasteiger partial charge in [0.1, 0.15) is 11.6 Å². The van der Waals surface area contributed by atoms with Gasteiger partial charge in [0.25, 0.3) is 0 Å². The van der Waals surface area contributed by atoms with Crippen molar-refractivity contribution in [1.29, 1.82) is 0 Å². The molecule has 1 spiro atoms. The van der Waals surface area contributed by atoms with E-state index in [1.54, 1.807) is 0 Å². The minimum Gasteiger partial charge on any atom is -0.342 e. The molecule has 1 saturated carbocycles. The van der Waals surface area contributed by atoms with E-state index in [0.29, 0.717) is 0 Å². The average molecular weight is 238 g/mol. The normalized spacial score (nSPS) is 28.8. The molecule has 0 radical (unpaired) electrons. The molecule has 0 aromatic heterocycles. The second-order valence-electron chi connectivity index (χ2n) is 6.40. The first-order valence-electron chi connectivity index (χ1n) is 6.48. The summed E-state index contributed by atoms with van der Waals surface area (Å²) < 4.78 is 0. The van der Waals surface area contributed by atoms with E-state index in [1.165, 1.54) is 0 Å². The maximum Gasteiger partial charge on any atom is 0.246 e. The summed E-state index contributed by atoms with van der Waals surface area (Å²) in [7, 11) is 0. The molecule has 2 N–H and O–H groups in total. The lowest BCUT2D eigenvalue weighted by atomic mass is 9.76. The lowest BCUT2D eigenvalue weighted by Gasteiger charge is -2.45. The molecule has 1 aliphatic heterocycles. The van der Waals surface area contributed by atoms with Gasteiger partial charge in [-0.15, -0.1) is 0 Å².